The predicted octanol–water partition coefficient (Wildman–Crippen LogP) is 4.39. The van der Waals surface area contributed by atoms with Gasteiger partial charge in [0.05, 0.1) is 15.7 Å². The summed E-state index contributed by atoms with van der Waals surface area (Å²) in [6.45, 7) is 0. The Hall–Kier alpha value is -1.58. The molecule has 0 atom stereocenters. The number of halogens is 2. The second-order valence-electron chi connectivity index (χ2n) is 4.43. The van der Waals surface area contributed by atoms with Crippen LogP contribution in [-0.4, -0.2) is 14.1 Å². The molecular weight excluding hydrogens is 281 g/mol. The first-order valence-electron chi connectivity index (χ1n) is 5.76. The topological polar surface area (TPSA) is 41.3 Å². The molecule has 0 amide bonds. The van der Waals surface area contributed by atoms with Gasteiger partial charge in [-0.15, -0.1) is 0 Å². The Morgan fingerprint density at radius 1 is 1.00 bits per heavy atom. The maximum absolute atomic E-state index is 6.13. The van der Waals surface area contributed by atoms with Crippen LogP contribution in [-0.2, 0) is 0 Å². The monoisotopic (exact) mass is 295 g/mol. The number of hydrogen-bond donors (Lipinski definition) is 2. The molecule has 2 aromatic carbocycles. The van der Waals surface area contributed by atoms with Crippen molar-refractivity contribution in [1.29, 1.82) is 0 Å². The molecule has 100 valence electrons. The van der Waals surface area contributed by atoms with Gasteiger partial charge in [0, 0.05) is 31.2 Å². The number of nitrogens with two attached hydrogens (primary N) is 1. The molecular formula is C14H15Cl2N3. The highest BCUT2D eigenvalue weighted by atomic mass is 35.5. The maximum Gasteiger partial charge on any atom is 0.0764 e. The molecule has 0 heterocycles. The lowest BCUT2D eigenvalue weighted by Crippen LogP contribution is -2.08. The van der Waals surface area contributed by atoms with Crippen LogP contribution in [0.5, 0.6) is 0 Å². The van der Waals surface area contributed by atoms with Gasteiger partial charge in [0.15, 0.2) is 0 Å². The zero-order valence-corrected chi connectivity index (χ0v) is 12.3. The predicted molar refractivity (Wildman–Crippen MR) is 84.9 cm³/mol. The second-order valence-corrected chi connectivity index (χ2v) is 5.24. The Bertz CT molecular complexity index is 557. The van der Waals surface area contributed by atoms with Gasteiger partial charge in [-0.05, 0) is 36.4 Å². The van der Waals surface area contributed by atoms with Crippen molar-refractivity contribution in [3.63, 3.8) is 0 Å². The van der Waals surface area contributed by atoms with Crippen LogP contribution in [0.4, 0.5) is 22.7 Å². The molecule has 0 aliphatic carbocycles. The minimum atomic E-state index is 0.502. The van der Waals surface area contributed by atoms with Crippen molar-refractivity contribution in [1.82, 2.24) is 0 Å². The van der Waals surface area contributed by atoms with E-state index in [1.165, 1.54) is 0 Å². The molecule has 0 unspecified atom stereocenters. The molecule has 0 aromatic heterocycles. The van der Waals surface area contributed by atoms with Crippen LogP contribution < -0.4 is 16.0 Å². The first-order valence-corrected chi connectivity index (χ1v) is 6.52. The van der Waals surface area contributed by atoms with Crippen LogP contribution in [0.25, 0.3) is 0 Å². The molecule has 2 rings (SSSR count). The van der Waals surface area contributed by atoms with Gasteiger partial charge in [0.1, 0.15) is 0 Å². The summed E-state index contributed by atoms with van der Waals surface area (Å²) < 4.78 is 0. The minimum absolute atomic E-state index is 0.502. The van der Waals surface area contributed by atoms with Gasteiger partial charge in [0.2, 0.25) is 0 Å². The lowest BCUT2D eigenvalue weighted by Gasteiger charge is -2.14. The van der Waals surface area contributed by atoms with E-state index in [9.17, 15) is 0 Å². The lowest BCUT2D eigenvalue weighted by molar-refractivity contribution is 1.13. The summed E-state index contributed by atoms with van der Waals surface area (Å²) in [6, 6.07) is 11.3. The Balaban J connectivity index is 2.26. The average Bonchev–Trinajstić information content (AvgIpc) is 2.34. The Kier molecular flexibility index (Phi) is 4.08. The molecule has 19 heavy (non-hydrogen) atoms. The highest BCUT2D eigenvalue weighted by Crippen LogP contribution is 2.35. The van der Waals surface area contributed by atoms with Crippen LogP contribution in [0.3, 0.4) is 0 Å². The van der Waals surface area contributed by atoms with E-state index in [4.69, 9.17) is 28.9 Å². The summed E-state index contributed by atoms with van der Waals surface area (Å²) in [6.07, 6.45) is 0. The summed E-state index contributed by atoms with van der Waals surface area (Å²) in [4.78, 5) is 2.03. The zero-order valence-electron chi connectivity index (χ0n) is 10.7. The molecule has 0 radical (unpaired) electrons. The molecule has 2 aromatic rings. The fraction of sp³-hybridized carbons (Fsp3) is 0.143. The highest BCUT2D eigenvalue weighted by Gasteiger charge is 2.07. The minimum Gasteiger partial charge on any atom is -0.399 e. The molecule has 5 heteroatoms. The summed E-state index contributed by atoms with van der Waals surface area (Å²) in [5.74, 6) is 0. The van der Waals surface area contributed by atoms with Crippen LogP contribution >= 0.6 is 23.2 Å². The van der Waals surface area contributed by atoms with Crippen molar-refractivity contribution >= 4 is 46.0 Å². The van der Waals surface area contributed by atoms with Crippen LogP contribution in [0.15, 0.2) is 36.4 Å². The Labute approximate surface area is 122 Å². The number of nitrogens with zero attached hydrogens (tertiary/aromatic N) is 1. The number of rotatable bonds is 3. The van der Waals surface area contributed by atoms with Gasteiger partial charge < -0.3 is 16.0 Å². The van der Waals surface area contributed by atoms with Crippen molar-refractivity contribution in [3.8, 4) is 0 Å². The smallest absolute Gasteiger partial charge is 0.0764 e. The number of anilines is 4. The van der Waals surface area contributed by atoms with Crippen LogP contribution in [0.2, 0.25) is 10.0 Å². The molecule has 0 spiro atoms. The number of hydrogen-bond acceptors (Lipinski definition) is 3. The third-order valence-electron chi connectivity index (χ3n) is 2.72. The molecule has 0 saturated heterocycles. The van der Waals surface area contributed by atoms with E-state index in [-0.39, 0.29) is 0 Å². The van der Waals surface area contributed by atoms with E-state index in [2.05, 4.69) is 5.32 Å². The number of nitrogens with one attached hydrogen (secondary N) is 1. The van der Waals surface area contributed by atoms with Gasteiger partial charge >= 0.3 is 0 Å². The fourth-order valence-electron chi connectivity index (χ4n) is 1.70. The summed E-state index contributed by atoms with van der Waals surface area (Å²) in [5, 5.41) is 4.20. The average molecular weight is 296 g/mol. The first kappa shape index (κ1) is 13.8. The van der Waals surface area contributed by atoms with E-state index in [1.807, 2.05) is 43.3 Å². The quantitative estimate of drug-likeness (QED) is 0.826. The highest BCUT2D eigenvalue weighted by molar-refractivity contribution is 6.39. The van der Waals surface area contributed by atoms with Crippen molar-refractivity contribution in [2.75, 3.05) is 30.0 Å². The molecule has 3 N–H and O–H groups in total. The molecule has 0 aliphatic rings. The fourth-order valence-corrected chi connectivity index (χ4v) is 2.30. The van der Waals surface area contributed by atoms with E-state index in [1.54, 1.807) is 12.1 Å². The normalized spacial score (nSPS) is 10.3. The maximum atomic E-state index is 6.13. The van der Waals surface area contributed by atoms with Gasteiger partial charge in [-0.25, -0.2) is 0 Å². The third kappa shape index (κ3) is 3.25. The molecule has 3 nitrogen and oxygen atoms in total. The van der Waals surface area contributed by atoms with Crippen LogP contribution in [0.1, 0.15) is 0 Å². The number of nitrogen functional groups attached to an aromatic ring is 1. The second kappa shape index (κ2) is 5.59. The van der Waals surface area contributed by atoms with Crippen molar-refractivity contribution in [3.05, 3.63) is 46.4 Å². The SMILES string of the molecule is CN(C)c1ccc(Nc2c(Cl)cc(N)cc2Cl)cc1. The Morgan fingerprint density at radius 2 is 1.53 bits per heavy atom. The largest absolute Gasteiger partial charge is 0.399 e. The molecule has 0 bridgehead atoms. The standard InChI is InChI=1S/C14H15Cl2N3/c1-19(2)11-5-3-10(4-6-11)18-14-12(15)7-9(17)8-13(14)16/h3-8,18H,17H2,1-2H3. The van der Waals surface area contributed by atoms with Gasteiger partial charge in [0.25, 0.3) is 0 Å². The summed E-state index contributed by atoms with van der Waals surface area (Å²) in [5.41, 5.74) is 8.92. The number of benzene rings is 2. The summed E-state index contributed by atoms with van der Waals surface area (Å²) in [7, 11) is 3.99. The van der Waals surface area contributed by atoms with Gasteiger partial charge in [-0.2, -0.15) is 0 Å². The van der Waals surface area contributed by atoms with Crippen molar-refractivity contribution in [2.24, 2.45) is 0 Å². The van der Waals surface area contributed by atoms with E-state index < -0.39 is 0 Å². The summed E-state index contributed by atoms with van der Waals surface area (Å²) >= 11 is 12.3. The van der Waals surface area contributed by atoms with E-state index in [0.29, 0.717) is 21.4 Å². The Morgan fingerprint density at radius 3 is 2.00 bits per heavy atom. The molecule has 0 fully saturated rings. The van der Waals surface area contributed by atoms with Gasteiger partial charge in [-0.3, -0.25) is 0 Å². The van der Waals surface area contributed by atoms with E-state index >= 15 is 0 Å². The molecule has 0 saturated carbocycles. The van der Waals surface area contributed by atoms with Crippen LogP contribution in [0, 0.1) is 0 Å². The first-order chi connectivity index (χ1) is 8.97. The molecule has 0 aliphatic heterocycles. The van der Waals surface area contributed by atoms with Crippen molar-refractivity contribution in [2.45, 2.75) is 0 Å². The zero-order chi connectivity index (χ0) is 14.0. The lowest BCUT2D eigenvalue weighted by atomic mass is 10.2. The van der Waals surface area contributed by atoms with Gasteiger partial charge in [-0.1, -0.05) is 23.2 Å². The van der Waals surface area contributed by atoms with E-state index in [0.717, 1.165) is 11.4 Å². The van der Waals surface area contributed by atoms with Crippen molar-refractivity contribution < 1.29 is 0 Å². The third-order valence-corrected chi connectivity index (χ3v) is 3.31.